The second-order valence-corrected chi connectivity index (χ2v) is 8.35. The molecule has 0 N–H and O–H groups in total. The van der Waals surface area contributed by atoms with Crippen molar-refractivity contribution >= 4 is 17.7 Å². The number of aromatic nitrogens is 2. The number of rotatable bonds is 5. The Balaban J connectivity index is 1.43. The Bertz CT molecular complexity index is 789. The van der Waals surface area contributed by atoms with E-state index in [2.05, 4.69) is 9.88 Å². The van der Waals surface area contributed by atoms with Crippen molar-refractivity contribution in [3.63, 3.8) is 0 Å². The Morgan fingerprint density at radius 2 is 2.11 bits per heavy atom. The lowest BCUT2D eigenvalue weighted by atomic mass is 9.78. The summed E-state index contributed by atoms with van der Waals surface area (Å²) in [5.41, 5.74) is 0.993. The van der Waals surface area contributed by atoms with E-state index in [0.717, 1.165) is 35.5 Å². The Hall–Kier alpha value is -1.95. The van der Waals surface area contributed by atoms with Crippen LogP contribution in [-0.4, -0.2) is 45.8 Å². The molecule has 2 aromatic rings. The number of hydrogen-bond acceptors (Lipinski definition) is 4. The number of hydrogen-bond donors (Lipinski definition) is 0. The molecular weight excluding hydrogens is 358 g/mol. The molecule has 6 heteroatoms. The number of carbonyl (C=O) groups excluding carboxylic acids is 1. The van der Waals surface area contributed by atoms with Crippen LogP contribution in [0.15, 0.2) is 41.8 Å². The number of benzene rings is 1. The maximum Gasteiger partial charge on any atom is 0.233 e. The molecule has 0 bridgehead atoms. The number of likely N-dealkylation sites (tertiary alicyclic amines) is 1. The van der Waals surface area contributed by atoms with Crippen LogP contribution in [-0.2, 0) is 4.79 Å². The molecule has 1 aromatic heterocycles. The van der Waals surface area contributed by atoms with Gasteiger partial charge >= 0.3 is 0 Å². The molecular formula is C21H27N3O2S. The first-order chi connectivity index (χ1) is 13.3. The van der Waals surface area contributed by atoms with E-state index in [9.17, 15) is 4.79 Å². The van der Waals surface area contributed by atoms with Gasteiger partial charge in [0.05, 0.1) is 18.6 Å². The van der Waals surface area contributed by atoms with Crippen LogP contribution >= 0.6 is 11.8 Å². The van der Waals surface area contributed by atoms with Gasteiger partial charge in [0, 0.05) is 31.0 Å². The van der Waals surface area contributed by atoms with Gasteiger partial charge in [0.2, 0.25) is 5.91 Å². The summed E-state index contributed by atoms with van der Waals surface area (Å²) in [5.74, 6) is 2.24. The van der Waals surface area contributed by atoms with E-state index in [1.54, 1.807) is 13.3 Å². The average Bonchev–Trinajstić information content (AvgIpc) is 3.20. The number of amides is 1. The lowest BCUT2D eigenvalue weighted by Crippen LogP contribution is -2.50. The summed E-state index contributed by atoms with van der Waals surface area (Å²) >= 11 is 1.52. The predicted molar refractivity (Wildman–Crippen MR) is 108 cm³/mol. The molecule has 5 nitrogen and oxygen atoms in total. The zero-order valence-electron chi connectivity index (χ0n) is 15.8. The molecule has 1 saturated carbocycles. The van der Waals surface area contributed by atoms with E-state index in [1.165, 1.54) is 43.9 Å². The molecule has 1 saturated heterocycles. The summed E-state index contributed by atoms with van der Waals surface area (Å²) < 4.78 is 7.33. The SMILES string of the molecule is COc1cccc(-n2ccnc2SCC(=O)N2CCCC3CCCCC32)c1. The highest BCUT2D eigenvalue weighted by atomic mass is 32.2. The number of nitrogens with zero attached hydrogens (tertiary/aromatic N) is 3. The zero-order chi connectivity index (χ0) is 18.6. The minimum absolute atomic E-state index is 0.261. The molecule has 2 fully saturated rings. The topological polar surface area (TPSA) is 47.4 Å². The van der Waals surface area contributed by atoms with Crippen molar-refractivity contribution in [1.29, 1.82) is 0 Å². The number of thioether (sulfide) groups is 1. The molecule has 0 radical (unpaired) electrons. The van der Waals surface area contributed by atoms with E-state index in [1.807, 2.05) is 35.0 Å². The van der Waals surface area contributed by atoms with Crippen molar-refractivity contribution < 1.29 is 9.53 Å². The van der Waals surface area contributed by atoms with Gasteiger partial charge in [-0.2, -0.15) is 0 Å². The van der Waals surface area contributed by atoms with E-state index in [4.69, 9.17) is 4.74 Å². The van der Waals surface area contributed by atoms with Crippen molar-refractivity contribution in [1.82, 2.24) is 14.5 Å². The fraction of sp³-hybridized carbons (Fsp3) is 0.524. The van der Waals surface area contributed by atoms with Crippen LogP contribution in [0.3, 0.4) is 0 Å². The summed E-state index contributed by atoms with van der Waals surface area (Å²) in [5, 5.41) is 0.841. The quantitative estimate of drug-likeness (QED) is 0.725. The van der Waals surface area contributed by atoms with Crippen LogP contribution in [0.25, 0.3) is 5.69 Å². The lowest BCUT2D eigenvalue weighted by molar-refractivity contribution is -0.134. The van der Waals surface area contributed by atoms with Crippen LogP contribution in [0, 0.1) is 5.92 Å². The van der Waals surface area contributed by atoms with Crippen LogP contribution < -0.4 is 4.74 Å². The van der Waals surface area contributed by atoms with E-state index >= 15 is 0 Å². The predicted octanol–water partition coefficient (Wildman–Crippen LogP) is 4.15. The van der Waals surface area contributed by atoms with Crippen molar-refractivity contribution in [2.75, 3.05) is 19.4 Å². The van der Waals surface area contributed by atoms with Crippen molar-refractivity contribution in [3.05, 3.63) is 36.7 Å². The molecule has 1 aliphatic heterocycles. The number of piperidine rings is 1. The summed E-state index contributed by atoms with van der Waals surface area (Å²) in [7, 11) is 1.67. The zero-order valence-corrected chi connectivity index (χ0v) is 16.7. The Kier molecular flexibility index (Phi) is 5.72. The van der Waals surface area contributed by atoms with Gasteiger partial charge in [-0.3, -0.25) is 9.36 Å². The molecule has 1 amide bonds. The fourth-order valence-corrected chi connectivity index (χ4v) is 5.36. The average molecular weight is 386 g/mol. The van der Waals surface area contributed by atoms with Gasteiger partial charge in [-0.1, -0.05) is 30.7 Å². The molecule has 1 aromatic carbocycles. The lowest BCUT2D eigenvalue weighted by Gasteiger charge is -2.44. The van der Waals surface area contributed by atoms with Crippen molar-refractivity contribution in [2.45, 2.75) is 49.7 Å². The second kappa shape index (κ2) is 8.38. The van der Waals surface area contributed by atoms with Crippen LogP contribution in [0.5, 0.6) is 5.75 Å². The van der Waals surface area contributed by atoms with E-state index in [0.29, 0.717) is 11.8 Å². The second-order valence-electron chi connectivity index (χ2n) is 7.41. The maximum atomic E-state index is 12.9. The highest BCUT2D eigenvalue weighted by Crippen LogP contribution is 2.35. The molecule has 4 rings (SSSR count). The van der Waals surface area contributed by atoms with Crippen LogP contribution in [0.4, 0.5) is 0 Å². The van der Waals surface area contributed by atoms with Gasteiger partial charge < -0.3 is 9.64 Å². The standard InChI is InChI=1S/C21H27N3O2S/c1-26-18-9-4-8-17(14-18)23-13-11-22-21(23)27-15-20(25)24-12-5-7-16-6-2-3-10-19(16)24/h4,8-9,11,13-14,16,19H,2-3,5-7,10,12,15H2,1H3. The Morgan fingerprint density at radius 1 is 1.26 bits per heavy atom. The van der Waals surface area contributed by atoms with E-state index < -0.39 is 0 Å². The number of ether oxygens (including phenoxy) is 1. The van der Waals surface area contributed by atoms with Gasteiger partial charge in [0.25, 0.3) is 0 Å². The minimum Gasteiger partial charge on any atom is -0.497 e. The third kappa shape index (κ3) is 4.00. The molecule has 0 spiro atoms. The first-order valence-corrected chi connectivity index (χ1v) is 10.8. The minimum atomic E-state index is 0.261. The summed E-state index contributed by atoms with van der Waals surface area (Å²) in [6, 6.07) is 8.36. The fourth-order valence-electron chi connectivity index (χ4n) is 4.50. The van der Waals surface area contributed by atoms with Gasteiger partial charge in [0.1, 0.15) is 5.75 Å². The van der Waals surface area contributed by atoms with E-state index in [-0.39, 0.29) is 5.91 Å². The first-order valence-electron chi connectivity index (χ1n) is 9.86. The monoisotopic (exact) mass is 385 g/mol. The number of carbonyl (C=O) groups is 1. The Labute approximate surface area is 165 Å². The molecule has 2 unspecified atom stereocenters. The van der Waals surface area contributed by atoms with Crippen LogP contribution in [0.1, 0.15) is 38.5 Å². The number of methoxy groups -OCH3 is 1. The van der Waals surface area contributed by atoms with Gasteiger partial charge in [-0.25, -0.2) is 4.98 Å². The Morgan fingerprint density at radius 3 is 3.00 bits per heavy atom. The third-order valence-electron chi connectivity index (χ3n) is 5.83. The first kappa shape index (κ1) is 18.4. The third-order valence-corrected chi connectivity index (χ3v) is 6.78. The highest BCUT2D eigenvalue weighted by Gasteiger charge is 2.35. The van der Waals surface area contributed by atoms with Crippen molar-refractivity contribution in [3.8, 4) is 11.4 Å². The summed E-state index contributed by atoms with van der Waals surface area (Å²) in [6.45, 7) is 0.922. The molecule has 2 heterocycles. The molecule has 2 aliphatic rings. The summed E-state index contributed by atoms with van der Waals surface area (Å²) in [4.78, 5) is 19.6. The van der Waals surface area contributed by atoms with Gasteiger partial charge in [-0.05, 0) is 43.7 Å². The molecule has 27 heavy (non-hydrogen) atoms. The number of imidazole rings is 1. The molecule has 144 valence electrons. The maximum absolute atomic E-state index is 12.9. The molecule has 2 atom stereocenters. The van der Waals surface area contributed by atoms with Gasteiger partial charge in [0.15, 0.2) is 5.16 Å². The van der Waals surface area contributed by atoms with Gasteiger partial charge in [-0.15, -0.1) is 0 Å². The van der Waals surface area contributed by atoms with Crippen LogP contribution in [0.2, 0.25) is 0 Å². The van der Waals surface area contributed by atoms with Crippen molar-refractivity contribution in [2.24, 2.45) is 5.92 Å². The normalized spacial score (nSPS) is 22.3. The highest BCUT2D eigenvalue weighted by molar-refractivity contribution is 7.99. The molecule has 1 aliphatic carbocycles. The largest absolute Gasteiger partial charge is 0.497 e. The summed E-state index contributed by atoms with van der Waals surface area (Å²) in [6.07, 6.45) is 11.2. The smallest absolute Gasteiger partial charge is 0.233 e. The number of fused-ring (bicyclic) bond motifs is 1.